The smallest absolute Gasteiger partial charge is 0.190 e. The van der Waals surface area contributed by atoms with Gasteiger partial charge in [0.25, 0.3) is 0 Å². The molecule has 4 unspecified atom stereocenters. The molecule has 0 radical (unpaired) electrons. The summed E-state index contributed by atoms with van der Waals surface area (Å²) < 4.78 is 15.4. The number of rotatable bonds is 22. The van der Waals surface area contributed by atoms with Crippen molar-refractivity contribution < 1.29 is 18.8 Å². The van der Waals surface area contributed by atoms with Crippen LogP contribution in [-0.2, 0) is 21.4 Å². The summed E-state index contributed by atoms with van der Waals surface area (Å²) in [6.45, 7) is 25.5. The van der Waals surface area contributed by atoms with Crippen LogP contribution in [0.2, 0.25) is 61.4 Å². The summed E-state index contributed by atoms with van der Waals surface area (Å²) in [5.41, 5.74) is 5.55. The Kier molecular flexibility index (Phi) is 23.4. The van der Waals surface area contributed by atoms with Gasteiger partial charge in [0, 0.05) is 5.22 Å². The third-order valence-corrected chi connectivity index (χ3v) is 30.0. The quantitative estimate of drug-likeness (QED) is 0.0914. The average molecular weight is 884 g/mol. The van der Waals surface area contributed by atoms with E-state index in [9.17, 15) is 10.2 Å². The maximum Gasteiger partial charge on any atom is 0.190 e. The van der Waals surface area contributed by atoms with E-state index in [0.717, 1.165) is 29.5 Å². The second kappa shape index (κ2) is 26.5. The molecule has 2 aromatic rings. The molecule has 0 saturated carbocycles. The topological polar surface area (TPSA) is 58.9 Å². The van der Waals surface area contributed by atoms with Crippen LogP contribution in [0.25, 0.3) is 0 Å². The van der Waals surface area contributed by atoms with E-state index >= 15 is 0 Å². The van der Waals surface area contributed by atoms with Crippen LogP contribution in [0.1, 0.15) is 180 Å². The Morgan fingerprint density at radius 1 is 0.542 bits per heavy atom. The van der Waals surface area contributed by atoms with Gasteiger partial charge < -0.3 is 18.8 Å². The SMILES string of the molecule is CCCC1CCC(CCCCCCCCc2cccc(O)c2)[Si](C)(C)O[Si](C)(C)C(CCCCCCCCc2cccc(O)c2)CCC(CCC)[Si](C)(C)OC(C)(C)[SiH2]1. The molecule has 8 heteroatoms. The molecule has 0 aromatic heterocycles. The monoisotopic (exact) mass is 883 g/mol. The van der Waals surface area contributed by atoms with Gasteiger partial charge in [-0.2, -0.15) is 0 Å². The van der Waals surface area contributed by atoms with Crippen molar-refractivity contribution in [2.75, 3.05) is 0 Å². The number of phenols is 2. The third-order valence-electron chi connectivity index (χ3n) is 14.3. The first kappa shape index (κ1) is 52.2. The molecule has 338 valence electrons. The van der Waals surface area contributed by atoms with Crippen molar-refractivity contribution in [3.8, 4) is 11.5 Å². The molecule has 1 aliphatic heterocycles. The molecule has 1 heterocycles. The van der Waals surface area contributed by atoms with Crippen LogP contribution >= 0.6 is 0 Å². The fourth-order valence-corrected chi connectivity index (χ4v) is 28.7. The molecule has 1 fully saturated rings. The number of phenolic OH excluding ortho intramolecular Hbond substituents is 2. The van der Waals surface area contributed by atoms with E-state index in [4.69, 9.17) is 8.54 Å². The number of aromatic hydroxyl groups is 2. The first-order valence-corrected chi connectivity index (χ1v) is 35.4. The minimum atomic E-state index is -1.99. The first-order chi connectivity index (χ1) is 28.0. The zero-order chi connectivity index (χ0) is 43.4. The lowest BCUT2D eigenvalue weighted by atomic mass is 10.0. The number of hydrogen-bond acceptors (Lipinski definition) is 4. The van der Waals surface area contributed by atoms with E-state index < -0.39 is 34.5 Å². The molecule has 1 saturated heterocycles. The van der Waals surface area contributed by atoms with Crippen molar-refractivity contribution in [2.45, 2.75) is 248 Å². The van der Waals surface area contributed by atoms with E-state index in [1.54, 1.807) is 12.1 Å². The molecule has 1 aliphatic rings. The van der Waals surface area contributed by atoms with Crippen LogP contribution in [0.5, 0.6) is 11.5 Å². The minimum Gasteiger partial charge on any atom is -0.508 e. The minimum absolute atomic E-state index is 0.0673. The van der Waals surface area contributed by atoms with Gasteiger partial charge in [0.05, 0.1) is 9.52 Å². The Morgan fingerprint density at radius 2 is 0.949 bits per heavy atom. The highest BCUT2D eigenvalue weighted by Crippen LogP contribution is 2.45. The predicted octanol–water partition coefficient (Wildman–Crippen LogP) is 16.0. The molecular formula is C51H94O4Si4. The highest BCUT2D eigenvalue weighted by molar-refractivity contribution is 6.86. The van der Waals surface area contributed by atoms with Gasteiger partial charge in [0.1, 0.15) is 11.5 Å². The summed E-state index contributed by atoms with van der Waals surface area (Å²) >= 11 is 0. The second-order valence-electron chi connectivity index (χ2n) is 21.3. The lowest BCUT2D eigenvalue weighted by Crippen LogP contribution is -2.50. The summed E-state index contributed by atoms with van der Waals surface area (Å²) in [5.74, 6) is 0.777. The maximum absolute atomic E-state index is 9.83. The van der Waals surface area contributed by atoms with Crippen LogP contribution in [0.4, 0.5) is 0 Å². The first-order valence-electron chi connectivity index (χ1n) is 24.9. The van der Waals surface area contributed by atoms with E-state index in [-0.39, 0.29) is 5.22 Å². The van der Waals surface area contributed by atoms with Gasteiger partial charge in [0.15, 0.2) is 25.0 Å². The van der Waals surface area contributed by atoms with E-state index in [1.807, 2.05) is 24.3 Å². The lowest BCUT2D eigenvalue weighted by molar-refractivity contribution is 0.173. The molecule has 4 nitrogen and oxygen atoms in total. The summed E-state index contributed by atoms with van der Waals surface area (Å²) in [5, 5.41) is 19.7. The van der Waals surface area contributed by atoms with Crippen molar-refractivity contribution in [2.24, 2.45) is 0 Å². The molecule has 2 aromatic carbocycles. The molecular weight excluding hydrogens is 789 g/mol. The van der Waals surface area contributed by atoms with Gasteiger partial charge in [-0.1, -0.05) is 167 Å². The average Bonchev–Trinajstić information content (AvgIpc) is 3.14. The van der Waals surface area contributed by atoms with Crippen LogP contribution in [0.3, 0.4) is 0 Å². The number of benzene rings is 2. The Labute approximate surface area is 371 Å². The van der Waals surface area contributed by atoms with E-state index in [1.165, 1.54) is 152 Å². The standard InChI is InChI=1S/C51H94O4Si4/c1-11-27-47-37-38-49(35-23-19-15-13-17-21-29-43-31-25-33-45(52)41-43)58(7,8)55-59(9,10)50(40-39-48(28-12-2)57(5,6)54-51(3,4)56-47)36-24-20-16-14-18-22-30-44-32-26-34-46(53)42-44/h25-26,31-34,41-42,47-50,52-53H,11-24,27-30,35-40,56H2,1-10H3. The molecule has 0 amide bonds. The Balaban J connectivity index is 1.69. The van der Waals surface area contributed by atoms with Crippen LogP contribution in [0.15, 0.2) is 48.5 Å². The van der Waals surface area contributed by atoms with Crippen LogP contribution < -0.4 is 0 Å². The van der Waals surface area contributed by atoms with Gasteiger partial charge in [0.2, 0.25) is 0 Å². The number of aryl methyl sites for hydroxylation is 2. The Bertz CT molecular complexity index is 1430. The summed E-state index contributed by atoms with van der Waals surface area (Å²) in [6, 6.07) is 15.6. The van der Waals surface area contributed by atoms with Gasteiger partial charge in [-0.25, -0.2) is 0 Å². The van der Waals surface area contributed by atoms with E-state index in [0.29, 0.717) is 17.0 Å². The molecule has 59 heavy (non-hydrogen) atoms. The van der Waals surface area contributed by atoms with Crippen LogP contribution in [-0.4, -0.2) is 49.9 Å². The molecule has 0 bridgehead atoms. The Morgan fingerprint density at radius 3 is 1.39 bits per heavy atom. The molecule has 4 atom stereocenters. The Hall–Kier alpha value is -1.17. The normalized spacial score (nSPS) is 24.0. The van der Waals surface area contributed by atoms with Crippen molar-refractivity contribution in [3.05, 3.63) is 59.7 Å². The highest BCUT2D eigenvalue weighted by atomic mass is 28.4. The van der Waals surface area contributed by atoms with Crippen LogP contribution in [0, 0.1) is 0 Å². The number of hydrogen-bond donors (Lipinski definition) is 2. The lowest BCUT2D eigenvalue weighted by Gasteiger charge is -2.44. The molecule has 2 N–H and O–H groups in total. The molecule has 0 aliphatic carbocycles. The maximum atomic E-state index is 9.83. The number of unbranched alkanes of at least 4 members (excludes halogenated alkanes) is 10. The van der Waals surface area contributed by atoms with Gasteiger partial charge >= 0.3 is 0 Å². The second-order valence-corrected chi connectivity index (χ2v) is 37.7. The van der Waals surface area contributed by atoms with Crippen molar-refractivity contribution in [3.63, 3.8) is 0 Å². The summed E-state index contributed by atoms with van der Waals surface area (Å²) in [4.78, 5) is 0. The van der Waals surface area contributed by atoms with Gasteiger partial charge in [-0.05, 0) is 136 Å². The van der Waals surface area contributed by atoms with E-state index in [2.05, 4.69) is 79.1 Å². The zero-order valence-electron chi connectivity index (χ0n) is 40.3. The van der Waals surface area contributed by atoms with Crippen molar-refractivity contribution in [1.82, 2.24) is 0 Å². The predicted molar refractivity (Wildman–Crippen MR) is 269 cm³/mol. The summed E-state index contributed by atoms with van der Waals surface area (Å²) in [6.07, 6.45) is 31.1. The fraction of sp³-hybridized carbons (Fsp3) is 0.765. The van der Waals surface area contributed by atoms with Gasteiger partial charge in [-0.3, -0.25) is 0 Å². The molecule has 0 spiro atoms. The third kappa shape index (κ3) is 20.3. The summed E-state index contributed by atoms with van der Waals surface area (Å²) in [7, 11) is -6.30. The zero-order valence-corrected chi connectivity index (χ0v) is 44.7. The van der Waals surface area contributed by atoms with Crippen molar-refractivity contribution in [1.29, 1.82) is 0 Å². The van der Waals surface area contributed by atoms with Crippen molar-refractivity contribution >= 4 is 34.5 Å². The molecule has 3 rings (SSSR count). The van der Waals surface area contributed by atoms with Gasteiger partial charge in [-0.15, -0.1) is 0 Å². The fourth-order valence-electron chi connectivity index (χ4n) is 11.1. The highest BCUT2D eigenvalue weighted by Gasteiger charge is 2.45. The largest absolute Gasteiger partial charge is 0.508 e.